The molecule has 0 aliphatic carbocycles. The molecule has 2 aliphatic heterocycles. The largest absolute Gasteiger partial charge is 0.352 e. The standard InChI is InChI=1S/C21H32N4O2/c1-17(26)23-20-10-14-25(16-20)21(27)22-15-19-8-12-24(13-9-19)11-7-18-5-3-2-4-6-18/h2-6,19-20H,7-16H2,1H3,(H,22,27)(H,23,26)/t20-/m0/s1. The van der Waals surface area contributed by atoms with Crippen molar-refractivity contribution in [3.8, 4) is 0 Å². The monoisotopic (exact) mass is 372 g/mol. The fourth-order valence-electron chi connectivity index (χ4n) is 4.04. The summed E-state index contributed by atoms with van der Waals surface area (Å²) in [5, 5.41) is 5.99. The van der Waals surface area contributed by atoms with Crippen LogP contribution in [0.15, 0.2) is 30.3 Å². The molecule has 6 nitrogen and oxygen atoms in total. The van der Waals surface area contributed by atoms with Gasteiger partial charge in [-0.3, -0.25) is 4.79 Å². The lowest BCUT2D eigenvalue weighted by Crippen LogP contribution is -2.44. The maximum atomic E-state index is 12.3. The Morgan fingerprint density at radius 3 is 2.52 bits per heavy atom. The number of urea groups is 1. The smallest absolute Gasteiger partial charge is 0.317 e. The van der Waals surface area contributed by atoms with E-state index in [0.717, 1.165) is 51.9 Å². The van der Waals surface area contributed by atoms with Crippen LogP contribution in [0.25, 0.3) is 0 Å². The molecule has 1 aromatic carbocycles. The maximum Gasteiger partial charge on any atom is 0.317 e. The fourth-order valence-corrected chi connectivity index (χ4v) is 4.04. The third kappa shape index (κ3) is 6.24. The van der Waals surface area contributed by atoms with Gasteiger partial charge in [0.1, 0.15) is 0 Å². The molecule has 2 N–H and O–H groups in total. The van der Waals surface area contributed by atoms with Gasteiger partial charge >= 0.3 is 6.03 Å². The Kier molecular flexibility index (Phi) is 7.10. The van der Waals surface area contributed by atoms with Gasteiger partial charge in [-0.2, -0.15) is 0 Å². The van der Waals surface area contributed by atoms with E-state index in [4.69, 9.17) is 0 Å². The SMILES string of the molecule is CC(=O)N[C@H]1CCN(C(=O)NCC2CCN(CCc3ccccc3)CC2)C1. The van der Waals surface area contributed by atoms with Crippen molar-refractivity contribution in [1.82, 2.24) is 20.4 Å². The van der Waals surface area contributed by atoms with Crippen molar-refractivity contribution in [1.29, 1.82) is 0 Å². The number of benzene rings is 1. The van der Waals surface area contributed by atoms with Crippen molar-refractivity contribution >= 4 is 11.9 Å². The number of nitrogens with one attached hydrogen (secondary N) is 2. The van der Waals surface area contributed by atoms with Gasteiger partial charge in [0, 0.05) is 39.1 Å². The lowest BCUT2D eigenvalue weighted by atomic mass is 9.96. The molecule has 3 amide bonds. The number of hydrogen-bond acceptors (Lipinski definition) is 3. The van der Waals surface area contributed by atoms with E-state index in [1.807, 2.05) is 4.90 Å². The van der Waals surface area contributed by atoms with Crippen LogP contribution in [0.4, 0.5) is 4.79 Å². The summed E-state index contributed by atoms with van der Waals surface area (Å²) >= 11 is 0. The van der Waals surface area contributed by atoms with E-state index in [2.05, 4.69) is 45.9 Å². The number of rotatable bonds is 6. The first kappa shape index (κ1) is 19.7. The second-order valence-corrected chi connectivity index (χ2v) is 7.84. The maximum absolute atomic E-state index is 12.3. The zero-order valence-electron chi connectivity index (χ0n) is 16.3. The first-order valence-corrected chi connectivity index (χ1v) is 10.2. The number of amides is 3. The molecule has 0 unspecified atom stereocenters. The van der Waals surface area contributed by atoms with Crippen LogP contribution in [0.5, 0.6) is 0 Å². The predicted octanol–water partition coefficient (Wildman–Crippen LogP) is 1.86. The summed E-state index contributed by atoms with van der Waals surface area (Å²) < 4.78 is 0. The van der Waals surface area contributed by atoms with E-state index < -0.39 is 0 Å². The van der Waals surface area contributed by atoms with Crippen molar-refractivity contribution in [3.63, 3.8) is 0 Å². The fraction of sp³-hybridized carbons (Fsp3) is 0.619. The highest BCUT2D eigenvalue weighted by Gasteiger charge is 2.27. The summed E-state index contributed by atoms with van der Waals surface area (Å²) in [6, 6.07) is 10.8. The first-order valence-electron chi connectivity index (χ1n) is 10.2. The molecular weight excluding hydrogens is 340 g/mol. The van der Waals surface area contributed by atoms with Crippen LogP contribution in [-0.4, -0.2) is 67.0 Å². The number of nitrogens with zero attached hydrogens (tertiary/aromatic N) is 2. The predicted molar refractivity (Wildman–Crippen MR) is 107 cm³/mol. The van der Waals surface area contributed by atoms with E-state index in [9.17, 15) is 9.59 Å². The molecule has 0 spiro atoms. The molecule has 148 valence electrons. The number of carbonyl (C=O) groups excluding carboxylic acids is 2. The third-order valence-electron chi connectivity index (χ3n) is 5.69. The van der Waals surface area contributed by atoms with Crippen molar-refractivity contribution in [2.75, 3.05) is 39.3 Å². The Morgan fingerprint density at radius 2 is 1.81 bits per heavy atom. The van der Waals surface area contributed by atoms with Gasteiger partial charge in [0.25, 0.3) is 0 Å². The molecule has 0 radical (unpaired) electrons. The number of piperidine rings is 1. The Morgan fingerprint density at radius 1 is 1.07 bits per heavy atom. The average Bonchev–Trinajstić information content (AvgIpc) is 3.14. The second-order valence-electron chi connectivity index (χ2n) is 7.84. The quantitative estimate of drug-likeness (QED) is 0.801. The van der Waals surface area contributed by atoms with Gasteiger partial charge in [0.05, 0.1) is 0 Å². The summed E-state index contributed by atoms with van der Waals surface area (Å²) in [4.78, 5) is 27.8. The van der Waals surface area contributed by atoms with E-state index >= 15 is 0 Å². The molecule has 0 aromatic heterocycles. The van der Waals surface area contributed by atoms with Crippen LogP contribution in [0, 0.1) is 5.92 Å². The van der Waals surface area contributed by atoms with Crippen LogP contribution in [0.2, 0.25) is 0 Å². The third-order valence-corrected chi connectivity index (χ3v) is 5.69. The Balaban J connectivity index is 1.30. The summed E-state index contributed by atoms with van der Waals surface area (Å²) in [7, 11) is 0. The minimum atomic E-state index is -0.0266. The van der Waals surface area contributed by atoms with E-state index in [-0.39, 0.29) is 18.0 Å². The lowest BCUT2D eigenvalue weighted by Gasteiger charge is -2.32. The zero-order chi connectivity index (χ0) is 19.1. The van der Waals surface area contributed by atoms with Crippen molar-refractivity contribution < 1.29 is 9.59 Å². The second kappa shape index (κ2) is 9.74. The highest BCUT2D eigenvalue weighted by atomic mass is 16.2. The Labute approximate surface area is 162 Å². The average molecular weight is 373 g/mol. The number of carbonyl (C=O) groups is 2. The molecule has 27 heavy (non-hydrogen) atoms. The summed E-state index contributed by atoms with van der Waals surface area (Å²) in [6.45, 7) is 6.95. The van der Waals surface area contributed by atoms with Gasteiger partial charge in [0.2, 0.25) is 5.91 Å². The van der Waals surface area contributed by atoms with Crippen LogP contribution in [0.1, 0.15) is 31.7 Å². The first-order chi connectivity index (χ1) is 13.1. The van der Waals surface area contributed by atoms with Crippen LogP contribution < -0.4 is 10.6 Å². The highest BCUT2D eigenvalue weighted by molar-refractivity contribution is 5.75. The summed E-state index contributed by atoms with van der Waals surface area (Å²) in [5.74, 6) is 0.539. The highest BCUT2D eigenvalue weighted by Crippen LogP contribution is 2.17. The Hall–Kier alpha value is -2.08. The van der Waals surface area contributed by atoms with E-state index in [1.165, 1.54) is 12.5 Å². The topological polar surface area (TPSA) is 64.7 Å². The van der Waals surface area contributed by atoms with Crippen LogP contribution >= 0.6 is 0 Å². The normalized spacial score (nSPS) is 21.2. The molecule has 0 bridgehead atoms. The molecule has 6 heteroatoms. The molecule has 1 aromatic rings. The van der Waals surface area contributed by atoms with Gasteiger partial charge in [-0.1, -0.05) is 30.3 Å². The van der Waals surface area contributed by atoms with Gasteiger partial charge in [-0.15, -0.1) is 0 Å². The lowest BCUT2D eigenvalue weighted by molar-refractivity contribution is -0.119. The van der Waals surface area contributed by atoms with Gasteiger partial charge in [0.15, 0.2) is 0 Å². The number of hydrogen-bond donors (Lipinski definition) is 2. The molecule has 2 saturated heterocycles. The molecule has 2 fully saturated rings. The summed E-state index contributed by atoms with van der Waals surface area (Å²) in [5.41, 5.74) is 1.40. The van der Waals surface area contributed by atoms with E-state index in [1.54, 1.807) is 0 Å². The van der Waals surface area contributed by atoms with Gasteiger partial charge < -0.3 is 20.4 Å². The molecule has 2 aliphatic rings. The molecule has 3 rings (SSSR count). The van der Waals surface area contributed by atoms with Gasteiger partial charge in [-0.25, -0.2) is 4.79 Å². The van der Waals surface area contributed by atoms with Crippen molar-refractivity contribution in [2.45, 2.75) is 38.6 Å². The van der Waals surface area contributed by atoms with Crippen molar-refractivity contribution in [3.05, 3.63) is 35.9 Å². The minimum absolute atomic E-state index is 0.00867. The van der Waals surface area contributed by atoms with E-state index in [0.29, 0.717) is 19.0 Å². The Bertz CT molecular complexity index is 614. The van der Waals surface area contributed by atoms with Crippen LogP contribution in [0.3, 0.4) is 0 Å². The molecular formula is C21H32N4O2. The molecule has 0 saturated carbocycles. The zero-order valence-corrected chi connectivity index (χ0v) is 16.3. The molecule has 2 heterocycles. The minimum Gasteiger partial charge on any atom is -0.352 e. The molecule has 1 atom stereocenters. The van der Waals surface area contributed by atoms with Crippen LogP contribution in [-0.2, 0) is 11.2 Å². The van der Waals surface area contributed by atoms with Crippen molar-refractivity contribution in [2.24, 2.45) is 5.92 Å². The summed E-state index contributed by atoms with van der Waals surface area (Å²) in [6.07, 6.45) is 4.23. The number of likely N-dealkylation sites (tertiary alicyclic amines) is 2. The van der Waals surface area contributed by atoms with Gasteiger partial charge in [-0.05, 0) is 50.3 Å².